The van der Waals surface area contributed by atoms with Crippen LogP contribution in [0, 0.1) is 11.8 Å². The Bertz CT molecular complexity index is 637. The normalized spacial score (nSPS) is 26.6. The van der Waals surface area contributed by atoms with Gasteiger partial charge in [0.2, 0.25) is 5.88 Å². The van der Waals surface area contributed by atoms with E-state index in [1.54, 1.807) is 0 Å². The number of hydrogen-bond donors (Lipinski definition) is 1. The molecule has 1 aromatic carbocycles. The third-order valence-corrected chi connectivity index (χ3v) is 4.92. The van der Waals surface area contributed by atoms with Gasteiger partial charge in [0, 0.05) is 5.92 Å². The Hall–Kier alpha value is -1.97. The molecule has 2 N–H and O–H groups in total. The molecule has 0 aliphatic heterocycles. The molecule has 2 aliphatic rings. The molecule has 2 fully saturated rings. The maximum Gasteiger partial charge on any atom is 0.230 e. The van der Waals surface area contributed by atoms with Crippen LogP contribution in [0.5, 0.6) is 5.75 Å². The van der Waals surface area contributed by atoms with E-state index in [1.807, 2.05) is 31.2 Å². The summed E-state index contributed by atoms with van der Waals surface area (Å²) in [6.45, 7) is 2.65. The SMILES string of the molecule is CCOc1ccc(-c2c(C3C4CCCC43)noc2N)cc1. The second-order valence-corrected chi connectivity index (χ2v) is 6.05. The topological polar surface area (TPSA) is 61.3 Å². The molecule has 0 saturated heterocycles. The minimum Gasteiger partial charge on any atom is -0.494 e. The van der Waals surface area contributed by atoms with Crippen molar-refractivity contribution in [2.24, 2.45) is 11.8 Å². The summed E-state index contributed by atoms with van der Waals surface area (Å²) in [6, 6.07) is 8.02. The van der Waals surface area contributed by atoms with Crippen LogP contribution in [-0.2, 0) is 0 Å². The van der Waals surface area contributed by atoms with Crippen LogP contribution in [0.1, 0.15) is 37.8 Å². The lowest BCUT2D eigenvalue weighted by atomic mass is 9.99. The molecule has 2 unspecified atom stereocenters. The summed E-state index contributed by atoms with van der Waals surface area (Å²) < 4.78 is 10.8. The van der Waals surface area contributed by atoms with E-state index >= 15 is 0 Å². The zero-order valence-corrected chi connectivity index (χ0v) is 12.2. The molecule has 0 bridgehead atoms. The highest BCUT2D eigenvalue weighted by molar-refractivity contribution is 5.76. The smallest absolute Gasteiger partial charge is 0.230 e. The molecule has 0 radical (unpaired) electrons. The average Bonchev–Trinajstić information content (AvgIpc) is 2.86. The first kappa shape index (κ1) is 12.7. The van der Waals surface area contributed by atoms with Crippen LogP contribution in [0.2, 0.25) is 0 Å². The summed E-state index contributed by atoms with van der Waals surface area (Å²) in [4.78, 5) is 0. The zero-order chi connectivity index (χ0) is 14.4. The number of benzene rings is 1. The second kappa shape index (κ2) is 4.79. The van der Waals surface area contributed by atoms with Crippen molar-refractivity contribution in [3.05, 3.63) is 30.0 Å². The van der Waals surface area contributed by atoms with Gasteiger partial charge < -0.3 is 15.0 Å². The van der Waals surface area contributed by atoms with Gasteiger partial charge >= 0.3 is 0 Å². The van der Waals surface area contributed by atoms with Gasteiger partial charge in [-0.15, -0.1) is 0 Å². The van der Waals surface area contributed by atoms with Gasteiger partial charge in [0.1, 0.15) is 5.75 Å². The highest BCUT2D eigenvalue weighted by Crippen LogP contribution is 2.64. The molecule has 1 aromatic heterocycles. The van der Waals surface area contributed by atoms with Crippen molar-refractivity contribution in [2.45, 2.75) is 32.1 Å². The monoisotopic (exact) mass is 284 g/mol. The van der Waals surface area contributed by atoms with Gasteiger partial charge in [-0.25, -0.2) is 0 Å². The first-order valence-electron chi connectivity index (χ1n) is 7.78. The highest BCUT2D eigenvalue weighted by atomic mass is 16.5. The van der Waals surface area contributed by atoms with E-state index in [0.717, 1.165) is 34.4 Å². The molecule has 4 nitrogen and oxygen atoms in total. The number of hydrogen-bond acceptors (Lipinski definition) is 4. The molecule has 2 saturated carbocycles. The highest BCUT2D eigenvalue weighted by Gasteiger charge is 2.55. The number of aromatic nitrogens is 1. The summed E-state index contributed by atoms with van der Waals surface area (Å²) in [5.74, 6) is 3.47. The minimum atomic E-state index is 0.430. The molecule has 0 spiro atoms. The van der Waals surface area contributed by atoms with Crippen LogP contribution < -0.4 is 10.5 Å². The van der Waals surface area contributed by atoms with E-state index in [0.29, 0.717) is 18.4 Å². The van der Waals surface area contributed by atoms with E-state index in [1.165, 1.54) is 19.3 Å². The number of anilines is 1. The fraction of sp³-hybridized carbons (Fsp3) is 0.471. The Morgan fingerprint density at radius 3 is 2.62 bits per heavy atom. The van der Waals surface area contributed by atoms with E-state index in [4.69, 9.17) is 15.0 Å². The van der Waals surface area contributed by atoms with Crippen LogP contribution in [-0.4, -0.2) is 11.8 Å². The quantitative estimate of drug-likeness (QED) is 0.926. The number of nitrogen functional groups attached to an aromatic ring is 1. The lowest BCUT2D eigenvalue weighted by Gasteiger charge is -2.06. The summed E-state index contributed by atoms with van der Waals surface area (Å²) >= 11 is 0. The molecule has 110 valence electrons. The van der Waals surface area contributed by atoms with Gasteiger partial charge in [-0.2, -0.15) is 0 Å². The lowest BCUT2D eigenvalue weighted by molar-refractivity contribution is 0.340. The average molecular weight is 284 g/mol. The number of fused-ring (bicyclic) bond motifs is 1. The summed E-state index contributed by atoms with van der Waals surface area (Å²) in [5, 5.41) is 4.26. The number of nitrogens with zero attached hydrogens (tertiary/aromatic N) is 1. The first-order chi connectivity index (χ1) is 10.3. The van der Waals surface area contributed by atoms with E-state index in [2.05, 4.69) is 5.16 Å². The lowest BCUT2D eigenvalue weighted by Crippen LogP contribution is -1.94. The third-order valence-electron chi connectivity index (χ3n) is 4.92. The van der Waals surface area contributed by atoms with Crippen LogP contribution in [0.25, 0.3) is 11.1 Å². The van der Waals surface area contributed by atoms with Crippen LogP contribution in [0.15, 0.2) is 28.8 Å². The fourth-order valence-corrected chi connectivity index (χ4v) is 3.95. The van der Waals surface area contributed by atoms with Crippen LogP contribution in [0.4, 0.5) is 5.88 Å². The van der Waals surface area contributed by atoms with E-state index in [9.17, 15) is 0 Å². The number of rotatable bonds is 4. The Morgan fingerprint density at radius 1 is 1.24 bits per heavy atom. The molecule has 4 heteroatoms. The van der Waals surface area contributed by atoms with E-state index in [-0.39, 0.29) is 0 Å². The van der Waals surface area contributed by atoms with E-state index < -0.39 is 0 Å². The Balaban J connectivity index is 1.66. The van der Waals surface area contributed by atoms with Crippen molar-refractivity contribution in [2.75, 3.05) is 12.3 Å². The molecule has 21 heavy (non-hydrogen) atoms. The summed E-state index contributed by atoms with van der Waals surface area (Å²) in [7, 11) is 0. The predicted molar refractivity (Wildman–Crippen MR) is 81.1 cm³/mol. The predicted octanol–water partition coefficient (Wildman–Crippen LogP) is 3.84. The van der Waals surface area contributed by atoms with Crippen molar-refractivity contribution in [1.29, 1.82) is 0 Å². The Kier molecular flexibility index (Phi) is 2.91. The molecule has 4 rings (SSSR count). The maximum absolute atomic E-state index is 6.03. The molecular formula is C17H20N2O2. The molecule has 2 aliphatic carbocycles. The fourth-order valence-electron chi connectivity index (χ4n) is 3.95. The molecule has 1 heterocycles. The Morgan fingerprint density at radius 2 is 1.95 bits per heavy atom. The number of ether oxygens (including phenoxy) is 1. The third kappa shape index (κ3) is 2.01. The molecule has 2 atom stereocenters. The largest absolute Gasteiger partial charge is 0.494 e. The molecule has 2 aromatic rings. The minimum absolute atomic E-state index is 0.430. The van der Waals surface area contributed by atoms with Crippen LogP contribution >= 0.6 is 0 Å². The van der Waals surface area contributed by atoms with Gasteiger partial charge in [-0.1, -0.05) is 23.7 Å². The summed E-state index contributed by atoms with van der Waals surface area (Å²) in [6.07, 6.45) is 4.01. The molecular weight excluding hydrogens is 264 g/mol. The first-order valence-corrected chi connectivity index (χ1v) is 7.78. The van der Waals surface area contributed by atoms with Gasteiger partial charge in [-0.05, 0) is 49.3 Å². The standard InChI is InChI=1S/C17H20N2O2/c1-2-20-11-8-6-10(7-9-11)14-16(19-21-17(14)18)15-12-4-3-5-13(12)15/h6-9,12-13,15H,2-5,18H2,1H3. The van der Waals surface area contributed by atoms with Crippen molar-refractivity contribution >= 4 is 5.88 Å². The van der Waals surface area contributed by atoms with Crippen LogP contribution in [0.3, 0.4) is 0 Å². The van der Waals surface area contributed by atoms with Crippen molar-refractivity contribution in [3.63, 3.8) is 0 Å². The summed E-state index contributed by atoms with van der Waals surface area (Å²) in [5.41, 5.74) is 9.14. The molecule has 0 amide bonds. The van der Waals surface area contributed by atoms with Gasteiger partial charge in [0.25, 0.3) is 0 Å². The Labute approximate surface area is 124 Å². The van der Waals surface area contributed by atoms with Crippen molar-refractivity contribution < 1.29 is 9.26 Å². The zero-order valence-electron chi connectivity index (χ0n) is 12.2. The van der Waals surface area contributed by atoms with Crippen molar-refractivity contribution in [1.82, 2.24) is 5.16 Å². The van der Waals surface area contributed by atoms with Crippen molar-refractivity contribution in [3.8, 4) is 16.9 Å². The van der Waals surface area contributed by atoms with Gasteiger partial charge in [0.15, 0.2) is 0 Å². The van der Waals surface area contributed by atoms with Gasteiger partial charge in [0.05, 0.1) is 17.9 Å². The van der Waals surface area contributed by atoms with Gasteiger partial charge in [-0.3, -0.25) is 0 Å². The second-order valence-electron chi connectivity index (χ2n) is 6.05. The maximum atomic E-state index is 6.03. The number of nitrogens with two attached hydrogens (primary N) is 1.